The molecule has 1 aromatic rings. The van der Waals surface area contributed by atoms with Crippen LogP contribution in [-0.4, -0.2) is 27.8 Å². The molecule has 1 aliphatic heterocycles. The molecule has 6 nitrogen and oxygen atoms in total. The summed E-state index contributed by atoms with van der Waals surface area (Å²) < 4.78 is 0.603. The van der Waals surface area contributed by atoms with Gasteiger partial charge in [-0.2, -0.15) is 0 Å². The predicted octanol–water partition coefficient (Wildman–Crippen LogP) is 1.06. The van der Waals surface area contributed by atoms with E-state index in [1.54, 1.807) is 0 Å². The number of hydroxylamine groups is 2. The number of rotatable bonds is 2. The van der Waals surface area contributed by atoms with Gasteiger partial charge in [0.2, 0.25) is 0 Å². The van der Waals surface area contributed by atoms with E-state index < -0.39 is 17.8 Å². The van der Waals surface area contributed by atoms with Gasteiger partial charge in [-0.05, 0) is 22.0 Å². The lowest BCUT2D eigenvalue weighted by Gasteiger charge is -2.12. The summed E-state index contributed by atoms with van der Waals surface area (Å²) in [4.78, 5) is 42.6. The summed E-state index contributed by atoms with van der Waals surface area (Å²) in [6.45, 7) is 0. The monoisotopic (exact) mass is 295 g/mol. The van der Waals surface area contributed by atoms with Gasteiger partial charge in [0.05, 0.1) is 5.56 Å². The van der Waals surface area contributed by atoms with Gasteiger partial charge < -0.3 is 4.84 Å². The van der Waals surface area contributed by atoms with E-state index in [0.29, 0.717) is 9.54 Å². The standard InChI is InChI=1S/C10H7BrN2O4/c11-7-3-6(4-12-5-7)10(16)17-13-8(14)1-2-9(13)15/h3-5H,1-2H2/i11-4. The zero-order valence-electron chi connectivity index (χ0n) is 8.55. The molecule has 1 saturated heterocycles. The molecule has 2 heterocycles. The number of hydrogen-bond donors (Lipinski definition) is 0. The number of carbonyl (C=O) groups is 3. The van der Waals surface area contributed by atoms with Gasteiger partial charge in [0.15, 0.2) is 0 Å². The van der Waals surface area contributed by atoms with E-state index >= 15 is 0 Å². The Hall–Kier alpha value is -1.76. The van der Waals surface area contributed by atoms with Crippen LogP contribution in [-0.2, 0) is 14.4 Å². The third kappa shape index (κ3) is 2.50. The van der Waals surface area contributed by atoms with Crippen LogP contribution in [0.5, 0.6) is 0 Å². The average Bonchev–Trinajstić information content (AvgIpc) is 2.61. The Morgan fingerprint density at radius 2 is 1.94 bits per heavy atom. The Kier molecular flexibility index (Phi) is 3.19. The molecular formula is C10H7BrN2O4. The van der Waals surface area contributed by atoms with E-state index in [1.165, 1.54) is 18.5 Å². The molecule has 0 atom stereocenters. The van der Waals surface area contributed by atoms with Gasteiger partial charge >= 0.3 is 5.97 Å². The quantitative estimate of drug-likeness (QED) is 0.763. The second-order valence-electron chi connectivity index (χ2n) is 3.35. The largest absolute Gasteiger partial charge is 0.365 e. The van der Waals surface area contributed by atoms with E-state index in [0.717, 1.165) is 0 Å². The minimum Gasteiger partial charge on any atom is -0.325 e. The van der Waals surface area contributed by atoms with Crippen LogP contribution in [0.1, 0.15) is 23.2 Å². The number of aromatic nitrogens is 1. The molecular weight excluding hydrogens is 288 g/mol. The number of imide groups is 1. The minimum absolute atomic E-state index is 0.0723. The Labute approximate surface area is 105 Å². The van der Waals surface area contributed by atoms with E-state index in [4.69, 9.17) is 4.84 Å². The summed E-state index contributed by atoms with van der Waals surface area (Å²) in [5.74, 6) is -1.81. The lowest BCUT2D eigenvalue weighted by Crippen LogP contribution is -2.32. The lowest BCUT2D eigenvalue weighted by atomic mass is 10.3. The molecule has 0 aliphatic carbocycles. The Morgan fingerprint density at radius 1 is 1.29 bits per heavy atom. The Balaban J connectivity index is 2.12. The molecule has 2 amide bonds. The minimum atomic E-state index is -0.789. The number of amides is 2. The highest BCUT2D eigenvalue weighted by atomic mass is 75.9. The van der Waals surface area contributed by atoms with Crippen molar-refractivity contribution in [1.82, 2.24) is 10.0 Å². The first-order valence-corrected chi connectivity index (χ1v) is 5.56. The average molecular weight is 295 g/mol. The molecule has 0 N–H and O–H groups in total. The maximum absolute atomic E-state index is 11.6. The summed E-state index contributed by atoms with van der Waals surface area (Å²) >= 11 is 3.15. The van der Waals surface area contributed by atoms with Gasteiger partial charge in [-0.25, -0.2) is 4.79 Å². The van der Waals surface area contributed by atoms with E-state index in [2.05, 4.69) is 20.9 Å². The van der Waals surface area contributed by atoms with Crippen LogP contribution in [0.4, 0.5) is 0 Å². The van der Waals surface area contributed by atoms with Crippen molar-refractivity contribution in [1.29, 1.82) is 0 Å². The first-order chi connectivity index (χ1) is 8.08. The number of halogens is 1. The van der Waals surface area contributed by atoms with Gasteiger partial charge in [-0.1, -0.05) is 0 Å². The molecule has 1 aromatic heterocycles. The topological polar surface area (TPSA) is 76.6 Å². The van der Waals surface area contributed by atoms with Crippen LogP contribution in [0.3, 0.4) is 0 Å². The third-order valence-corrected chi connectivity index (χ3v) is 2.55. The molecule has 1 aliphatic rings. The number of hydrogen-bond acceptors (Lipinski definition) is 5. The van der Waals surface area contributed by atoms with Crippen LogP contribution in [0, 0.1) is 0 Å². The van der Waals surface area contributed by atoms with Gasteiger partial charge in [-0.15, -0.1) is 5.06 Å². The number of nitrogens with zero attached hydrogens (tertiary/aromatic N) is 2. The number of carbonyl (C=O) groups excluding carboxylic acids is 3. The van der Waals surface area contributed by atoms with Crippen LogP contribution >= 0.6 is 15.9 Å². The van der Waals surface area contributed by atoms with Crippen molar-refractivity contribution in [3.8, 4) is 0 Å². The zero-order chi connectivity index (χ0) is 12.4. The molecule has 0 spiro atoms. The number of pyridine rings is 1. The maximum atomic E-state index is 11.6. The Morgan fingerprint density at radius 3 is 2.53 bits per heavy atom. The van der Waals surface area contributed by atoms with Crippen LogP contribution in [0.15, 0.2) is 22.9 Å². The summed E-state index contributed by atoms with van der Waals surface area (Å²) in [7, 11) is 0. The van der Waals surface area contributed by atoms with Crippen molar-refractivity contribution in [3.05, 3.63) is 28.5 Å². The molecule has 2 rings (SSSR count). The van der Waals surface area contributed by atoms with E-state index in [-0.39, 0.29) is 18.4 Å². The summed E-state index contributed by atoms with van der Waals surface area (Å²) in [5.41, 5.74) is 0.159. The highest BCUT2D eigenvalue weighted by molar-refractivity contribution is 9.10. The smallest absolute Gasteiger partial charge is 0.325 e. The Bertz CT molecular complexity index is 487. The summed E-state index contributed by atoms with van der Waals surface area (Å²) in [6, 6.07) is 1.49. The van der Waals surface area contributed by atoms with Crippen molar-refractivity contribution in [2.75, 3.05) is 0 Å². The second-order valence-corrected chi connectivity index (χ2v) is 4.27. The van der Waals surface area contributed by atoms with Crippen molar-refractivity contribution >= 4 is 33.7 Å². The molecule has 88 valence electrons. The van der Waals surface area contributed by atoms with Crippen molar-refractivity contribution < 1.29 is 19.2 Å². The van der Waals surface area contributed by atoms with Crippen LogP contribution < -0.4 is 0 Å². The molecule has 17 heavy (non-hydrogen) atoms. The highest BCUT2D eigenvalue weighted by Gasteiger charge is 2.33. The van der Waals surface area contributed by atoms with Crippen molar-refractivity contribution in [2.45, 2.75) is 12.8 Å². The summed E-state index contributed by atoms with van der Waals surface area (Å²) in [6.07, 6.45) is 2.94. The molecule has 0 bridgehead atoms. The van der Waals surface area contributed by atoms with Crippen LogP contribution in [0.25, 0.3) is 0 Å². The van der Waals surface area contributed by atoms with Gasteiger partial charge in [0.1, 0.15) is 0 Å². The highest BCUT2D eigenvalue weighted by Crippen LogP contribution is 2.15. The van der Waals surface area contributed by atoms with Crippen molar-refractivity contribution in [2.24, 2.45) is 0 Å². The molecule has 0 radical (unpaired) electrons. The second kappa shape index (κ2) is 4.62. The van der Waals surface area contributed by atoms with Gasteiger partial charge in [-0.3, -0.25) is 14.6 Å². The fourth-order valence-electron chi connectivity index (χ4n) is 1.32. The zero-order valence-corrected chi connectivity index (χ0v) is 10.1. The van der Waals surface area contributed by atoms with E-state index in [1.807, 2.05) is 0 Å². The fourth-order valence-corrected chi connectivity index (χ4v) is 1.68. The fraction of sp³-hybridized carbons (Fsp3) is 0.200. The molecule has 0 aromatic carbocycles. The molecule has 7 heteroatoms. The molecule has 0 unspecified atom stereocenters. The third-order valence-electron chi connectivity index (χ3n) is 2.12. The molecule has 1 fully saturated rings. The normalized spacial score (nSPS) is 15.2. The maximum Gasteiger partial charge on any atom is 0.365 e. The SMILES string of the molecule is O=C(ON1C(=O)CCC1=O)c1cncc([76Br])c1. The first kappa shape index (κ1) is 11.7. The predicted molar refractivity (Wildman–Crippen MR) is 58.4 cm³/mol. The van der Waals surface area contributed by atoms with Gasteiger partial charge in [0, 0.05) is 29.7 Å². The van der Waals surface area contributed by atoms with E-state index in [9.17, 15) is 14.4 Å². The summed E-state index contributed by atoms with van der Waals surface area (Å²) in [5, 5.41) is 0.503. The molecule has 0 saturated carbocycles. The van der Waals surface area contributed by atoms with Crippen molar-refractivity contribution in [3.63, 3.8) is 0 Å². The van der Waals surface area contributed by atoms with Gasteiger partial charge in [0.25, 0.3) is 11.8 Å². The first-order valence-electron chi connectivity index (χ1n) is 4.76. The lowest BCUT2D eigenvalue weighted by molar-refractivity contribution is -0.172. The van der Waals surface area contributed by atoms with Crippen LogP contribution in [0.2, 0.25) is 0 Å².